The lowest BCUT2D eigenvalue weighted by Gasteiger charge is -2.09. The number of nitro groups is 1. The smallest absolute Gasteiger partial charge is 0.338 e. The van der Waals surface area contributed by atoms with Crippen molar-refractivity contribution in [2.45, 2.75) is 6.92 Å². The zero-order valence-corrected chi connectivity index (χ0v) is 15.6. The van der Waals surface area contributed by atoms with Crippen molar-refractivity contribution in [1.82, 2.24) is 10.9 Å². The Morgan fingerprint density at radius 3 is 2.33 bits per heavy atom. The molecule has 0 saturated carbocycles. The quantitative estimate of drug-likeness (QED) is 0.421. The van der Waals surface area contributed by atoms with Gasteiger partial charge in [-0.2, -0.15) is 0 Å². The van der Waals surface area contributed by atoms with E-state index in [1.807, 2.05) is 0 Å². The first-order valence-electron chi connectivity index (χ1n) is 7.65. The van der Waals surface area contributed by atoms with Crippen molar-refractivity contribution in [3.8, 4) is 0 Å². The first kappa shape index (κ1) is 20.0. The van der Waals surface area contributed by atoms with Gasteiger partial charge in [-0.15, -0.1) is 0 Å². The van der Waals surface area contributed by atoms with Gasteiger partial charge in [0, 0.05) is 22.2 Å². The summed E-state index contributed by atoms with van der Waals surface area (Å²) in [7, 11) is 0. The van der Waals surface area contributed by atoms with Crippen LogP contribution in [0.25, 0.3) is 0 Å². The number of carbonyl (C=O) groups excluding carboxylic acids is 3. The number of rotatable bonds is 5. The molecule has 0 bridgehead atoms. The maximum atomic E-state index is 12.3. The molecule has 0 aliphatic carbocycles. The van der Waals surface area contributed by atoms with Gasteiger partial charge in [-0.1, -0.05) is 12.1 Å². The summed E-state index contributed by atoms with van der Waals surface area (Å²) < 4.78 is 5.32. The van der Waals surface area contributed by atoms with Crippen molar-refractivity contribution >= 4 is 39.4 Å². The molecule has 0 fully saturated rings. The van der Waals surface area contributed by atoms with Gasteiger partial charge in [0.1, 0.15) is 0 Å². The zero-order valence-electron chi connectivity index (χ0n) is 14.0. The van der Waals surface area contributed by atoms with Crippen LogP contribution >= 0.6 is 15.9 Å². The molecule has 27 heavy (non-hydrogen) atoms. The Morgan fingerprint density at radius 2 is 1.70 bits per heavy atom. The van der Waals surface area contributed by atoms with Gasteiger partial charge >= 0.3 is 5.97 Å². The fraction of sp³-hybridized carbons (Fsp3) is 0.118. The second-order valence-corrected chi connectivity index (χ2v) is 5.99. The maximum absolute atomic E-state index is 12.3. The van der Waals surface area contributed by atoms with Crippen molar-refractivity contribution in [2.24, 2.45) is 0 Å². The van der Waals surface area contributed by atoms with Crippen LogP contribution in [0.15, 0.2) is 46.9 Å². The molecule has 10 heteroatoms. The molecule has 2 aromatic rings. The number of esters is 1. The Hall–Kier alpha value is -3.27. The monoisotopic (exact) mass is 435 g/mol. The fourth-order valence-electron chi connectivity index (χ4n) is 2.08. The molecule has 0 heterocycles. The summed E-state index contributed by atoms with van der Waals surface area (Å²) in [4.78, 5) is 46.5. The van der Waals surface area contributed by atoms with Gasteiger partial charge in [0.2, 0.25) is 0 Å². The topological polar surface area (TPSA) is 128 Å². The summed E-state index contributed by atoms with van der Waals surface area (Å²) in [6, 6.07) is 9.70. The molecule has 0 aliphatic heterocycles. The van der Waals surface area contributed by atoms with Gasteiger partial charge in [0.05, 0.1) is 22.7 Å². The Morgan fingerprint density at radius 1 is 1.07 bits per heavy atom. The number of hydrazine groups is 1. The number of halogens is 1. The van der Waals surface area contributed by atoms with Crippen LogP contribution in [0.3, 0.4) is 0 Å². The average molecular weight is 436 g/mol. The number of amides is 2. The highest BCUT2D eigenvalue weighted by Gasteiger charge is 2.19. The molecule has 0 aromatic heterocycles. The van der Waals surface area contributed by atoms with E-state index in [1.165, 1.54) is 6.07 Å². The number of hydrogen-bond acceptors (Lipinski definition) is 6. The molecule has 140 valence electrons. The van der Waals surface area contributed by atoms with Gasteiger partial charge in [0.25, 0.3) is 17.5 Å². The van der Waals surface area contributed by atoms with E-state index in [0.717, 1.165) is 18.2 Å². The first-order valence-corrected chi connectivity index (χ1v) is 8.44. The van der Waals surface area contributed by atoms with E-state index in [0.29, 0.717) is 4.47 Å². The van der Waals surface area contributed by atoms with E-state index in [1.54, 1.807) is 25.1 Å². The number of nitrogens with zero attached hydrogens (tertiary/aromatic N) is 1. The predicted molar refractivity (Wildman–Crippen MR) is 98.1 cm³/mol. The Labute approximate surface area is 162 Å². The minimum Gasteiger partial charge on any atom is -0.462 e. The van der Waals surface area contributed by atoms with E-state index < -0.39 is 28.4 Å². The molecule has 2 aromatic carbocycles. The normalized spacial score (nSPS) is 10.0. The summed E-state index contributed by atoms with van der Waals surface area (Å²) in [6.45, 7) is 1.66. The summed E-state index contributed by atoms with van der Waals surface area (Å²) in [5, 5.41) is 11.0. The highest BCUT2D eigenvalue weighted by atomic mass is 79.9. The van der Waals surface area contributed by atoms with E-state index >= 15 is 0 Å². The van der Waals surface area contributed by atoms with Crippen LogP contribution in [0, 0.1) is 10.1 Å². The predicted octanol–water partition coefficient (Wildman–Crippen LogP) is 2.61. The Balaban J connectivity index is 2.20. The van der Waals surface area contributed by atoms with Crippen LogP contribution in [0.5, 0.6) is 0 Å². The third kappa shape index (κ3) is 5.11. The molecular weight excluding hydrogens is 422 g/mol. The van der Waals surface area contributed by atoms with Crippen molar-refractivity contribution in [1.29, 1.82) is 0 Å². The Kier molecular flexibility index (Phi) is 6.61. The first-order chi connectivity index (χ1) is 12.8. The summed E-state index contributed by atoms with van der Waals surface area (Å²) in [5.74, 6) is -2.22. The molecule has 0 saturated heterocycles. The van der Waals surface area contributed by atoms with Crippen LogP contribution in [0.2, 0.25) is 0 Å². The largest absolute Gasteiger partial charge is 0.462 e. The molecule has 0 atom stereocenters. The van der Waals surface area contributed by atoms with Crippen LogP contribution < -0.4 is 10.9 Å². The lowest BCUT2D eigenvalue weighted by Crippen LogP contribution is -2.41. The van der Waals surface area contributed by atoms with Crippen molar-refractivity contribution in [3.63, 3.8) is 0 Å². The molecule has 2 rings (SSSR count). The van der Waals surface area contributed by atoms with Gasteiger partial charge in [-0.3, -0.25) is 30.6 Å². The lowest BCUT2D eigenvalue weighted by molar-refractivity contribution is -0.384. The van der Waals surface area contributed by atoms with Gasteiger partial charge in [-0.05, 0) is 41.1 Å². The minimum atomic E-state index is -0.829. The number of ether oxygens (including phenoxy) is 1. The van der Waals surface area contributed by atoms with Crippen LogP contribution in [-0.2, 0) is 4.74 Å². The molecule has 2 N–H and O–H groups in total. The number of nitro benzene ring substituents is 1. The molecule has 0 aliphatic rings. The standard InChI is InChI=1S/C17H14BrN3O6/c1-2-27-17(24)11-7-10(8-12(9-11)21(25)26)15(22)19-20-16(23)13-5-3-4-6-14(13)18/h3-9H,2H2,1H3,(H,19,22)(H,20,23). The van der Waals surface area contributed by atoms with Crippen molar-refractivity contribution in [3.05, 3.63) is 73.7 Å². The van der Waals surface area contributed by atoms with E-state index in [-0.39, 0.29) is 23.3 Å². The zero-order chi connectivity index (χ0) is 20.0. The number of benzene rings is 2. The summed E-state index contributed by atoms with van der Waals surface area (Å²) in [5.41, 5.74) is 3.86. The molecule has 0 radical (unpaired) electrons. The highest BCUT2D eigenvalue weighted by molar-refractivity contribution is 9.10. The minimum absolute atomic E-state index is 0.0745. The van der Waals surface area contributed by atoms with E-state index in [9.17, 15) is 24.5 Å². The van der Waals surface area contributed by atoms with Crippen molar-refractivity contribution in [2.75, 3.05) is 6.61 Å². The summed E-state index contributed by atoms with van der Waals surface area (Å²) >= 11 is 3.21. The fourth-order valence-corrected chi connectivity index (χ4v) is 2.54. The third-order valence-electron chi connectivity index (χ3n) is 3.31. The number of non-ortho nitro benzene ring substituents is 1. The molecule has 0 unspecified atom stereocenters. The van der Waals surface area contributed by atoms with Gasteiger partial charge in [-0.25, -0.2) is 4.79 Å². The summed E-state index contributed by atoms with van der Waals surface area (Å²) in [6.07, 6.45) is 0. The second-order valence-electron chi connectivity index (χ2n) is 5.13. The van der Waals surface area contributed by atoms with Gasteiger partial charge < -0.3 is 4.74 Å². The number of hydrogen-bond donors (Lipinski definition) is 2. The highest BCUT2D eigenvalue weighted by Crippen LogP contribution is 2.18. The number of nitrogens with one attached hydrogen (secondary N) is 2. The maximum Gasteiger partial charge on any atom is 0.338 e. The van der Waals surface area contributed by atoms with Crippen LogP contribution in [0.4, 0.5) is 5.69 Å². The SMILES string of the molecule is CCOC(=O)c1cc(C(=O)NNC(=O)c2ccccc2Br)cc([N+](=O)[O-])c1. The second kappa shape index (κ2) is 8.90. The number of carbonyl (C=O) groups is 3. The van der Waals surface area contributed by atoms with Crippen LogP contribution in [-0.4, -0.2) is 29.3 Å². The van der Waals surface area contributed by atoms with E-state index in [2.05, 4.69) is 26.8 Å². The van der Waals surface area contributed by atoms with Gasteiger partial charge in [0.15, 0.2) is 0 Å². The van der Waals surface area contributed by atoms with Crippen molar-refractivity contribution < 1.29 is 24.0 Å². The third-order valence-corrected chi connectivity index (χ3v) is 4.00. The molecule has 0 spiro atoms. The van der Waals surface area contributed by atoms with E-state index in [4.69, 9.17) is 4.74 Å². The van der Waals surface area contributed by atoms with Crippen LogP contribution in [0.1, 0.15) is 38.0 Å². The molecular formula is C17H14BrN3O6. The average Bonchev–Trinajstić information content (AvgIpc) is 2.66. The molecule has 2 amide bonds. The Bertz CT molecular complexity index is 915. The molecule has 9 nitrogen and oxygen atoms in total. The lowest BCUT2D eigenvalue weighted by atomic mass is 10.1.